The number of rotatable bonds is 9. The van der Waals surface area contributed by atoms with E-state index in [1.54, 1.807) is 25.3 Å². The molecule has 0 radical (unpaired) electrons. The van der Waals surface area contributed by atoms with Gasteiger partial charge in [-0.1, -0.05) is 48.5 Å². The first-order valence-electron chi connectivity index (χ1n) is 10.9. The van der Waals surface area contributed by atoms with Gasteiger partial charge in [0, 0.05) is 5.75 Å². The summed E-state index contributed by atoms with van der Waals surface area (Å²) < 4.78 is 10.7. The standard InChI is InChI=1S/C26H26N2O5S/c1-3-7-19-16-34-25-22(27-21(29)14-17-8-5-4-6-9-17)24(30)28(25)23(19)26(31)33-15-18-10-12-20(32-2)13-11-18/h3-6,8-13,22,25H,1,7,14-16H2,2H3,(H,27,29)/t22-,25-/m1/s1. The average Bonchev–Trinajstić information content (AvgIpc) is 2.86. The van der Waals surface area contributed by atoms with Crippen LogP contribution in [0.15, 0.2) is 78.5 Å². The summed E-state index contributed by atoms with van der Waals surface area (Å²) in [6.45, 7) is 3.84. The number of ether oxygens (including phenoxy) is 2. The molecule has 2 aliphatic rings. The van der Waals surface area contributed by atoms with Crippen molar-refractivity contribution in [3.8, 4) is 5.75 Å². The lowest BCUT2D eigenvalue weighted by atomic mass is 10.0. The van der Waals surface area contributed by atoms with E-state index in [2.05, 4.69) is 11.9 Å². The third kappa shape index (κ3) is 5.02. The van der Waals surface area contributed by atoms with E-state index in [0.29, 0.717) is 17.9 Å². The van der Waals surface area contributed by atoms with Crippen molar-refractivity contribution in [1.82, 2.24) is 10.2 Å². The van der Waals surface area contributed by atoms with Crippen LogP contribution in [0, 0.1) is 0 Å². The van der Waals surface area contributed by atoms with Gasteiger partial charge >= 0.3 is 5.97 Å². The quantitative estimate of drug-likeness (QED) is 0.339. The summed E-state index contributed by atoms with van der Waals surface area (Å²) in [5.41, 5.74) is 2.73. The number of amides is 2. The lowest BCUT2D eigenvalue weighted by Gasteiger charge is -2.49. The van der Waals surface area contributed by atoms with E-state index in [-0.39, 0.29) is 35.9 Å². The van der Waals surface area contributed by atoms with Crippen LogP contribution in [0.1, 0.15) is 17.5 Å². The highest BCUT2D eigenvalue weighted by atomic mass is 32.2. The van der Waals surface area contributed by atoms with Gasteiger partial charge in [0.05, 0.1) is 13.5 Å². The van der Waals surface area contributed by atoms with Gasteiger partial charge in [-0.15, -0.1) is 18.3 Å². The van der Waals surface area contributed by atoms with Gasteiger partial charge in [-0.05, 0) is 35.3 Å². The fourth-order valence-electron chi connectivity index (χ4n) is 3.95. The van der Waals surface area contributed by atoms with Gasteiger partial charge in [-0.2, -0.15) is 0 Å². The highest BCUT2D eigenvalue weighted by Gasteiger charge is 2.54. The summed E-state index contributed by atoms with van der Waals surface area (Å²) in [6.07, 6.45) is 2.37. The van der Waals surface area contributed by atoms with E-state index in [1.807, 2.05) is 42.5 Å². The lowest BCUT2D eigenvalue weighted by Crippen LogP contribution is -2.70. The molecule has 8 heteroatoms. The van der Waals surface area contributed by atoms with Crippen LogP contribution >= 0.6 is 11.8 Å². The van der Waals surface area contributed by atoms with Crippen LogP contribution < -0.4 is 10.1 Å². The Morgan fingerprint density at radius 3 is 2.56 bits per heavy atom. The predicted octanol–water partition coefficient (Wildman–Crippen LogP) is 3.21. The van der Waals surface area contributed by atoms with Crippen LogP contribution in [-0.2, 0) is 32.1 Å². The second kappa shape index (κ2) is 10.6. The second-order valence-electron chi connectivity index (χ2n) is 7.99. The van der Waals surface area contributed by atoms with Crippen molar-refractivity contribution < 1.29 is 23.9 Å². The van der Waals surface area contributed by atoms with E-state index < -0.39 is 12.0 Å². The maximum Gasteiger partial charge on any atom is 0.355 e. The normalized spacial score (nSPS) is 19.1. The number of esters is 1. The highest BCUT2D eigenvalue weighted by Crippen LogP contribution is 2.41. The third-order valence-corrected chi connectivity index (χ3v) is 7.02. The Balaban J connectivity index is 1.43. The first-order chi connectivity index (χ1) is 16.5. The first-order valence-corrected chi connectivity index (χ1v) is 12.0. The molecule has 2 aliphatic heterocycles. The van der Waals surface area contributed by atoms with Crippen molar-refractivity contribution in [2.24, 2.45) is 0 Å². The number of carbonyl (C=O) groups excluding carboxylic acids is 3. The number of fused-ring (bicyclic) bond motifs is 1. The van der Waals surface area contributed by atoms with Crippen molar-refractivity contribution in [3.63, 3.8) is 0 Å². The zero-order chi connectivity index (χ0) is 24.1. The molecule has 0 saturated carbocycles. The topological polar surface area (TPSA) is 84.9 Å². The lowest BCUT2D eigenvalue weighted by molar-refractivity contribution is -0.153. The van der Waals surface area contributed by atoms with Crippen LogP contribution in [-0.4, -0.2) is 47.0 Å². The molecule has 0 unspecified atom stereocenters. The van der Waals surface area contributed by atoms with Crippen molar-refractivity contribution in [2.45, 2.75) is 30.9 Å². The van der Waals surface area contributed by atoms with Crippen LogP contribution in [0.4, 0.5) is 0 Å². The van der Waals surface area contributed by atoms with E-state index >= 15 is 0 Å². The molecular formula is C26H26N2O5S. The summed E-state index contributed by atoms with van der Waals surface area (Å²) in [5, 5.41) is 2.49. The molecular weight excluding hydrogens is 452 g/mol. The fraction of sp³-hybridized carbons (Fsp3) is 0.269. The highest BCUT2D eigenvalue weighted by molar-refractivity contribution is 8.00. The molecule has 0 spiro atoms. The molecule has 176 valence electrons. The van der Waals surface area contributed by atoms with Crippen molar-refractivity contribution in [1.29, 1.82) is 0 Å². The summed E-state index contributed by atoms with van der Waals surface area (Å²) in [7, 11) is 1.58. The molecule has 2 aromatic carbocycles. The SMILES string of the molecule is C=CCC1=C(C(=O)OCc2ccc(OC)cc2)N2C(=O)[C@@H](NC(=O)Cc3ccccc3)[C@H]2SC1. The molecule has 0 bridgehead atoms. The van der Waals surface area contributed by atoms with E-state index in [9.17, 15) is 14.4 Å². The second-order valence-corrected chi connectivity index (χ2v) is 9.09. The Hall–Kier alpha value is -3.52. The molecule has 2 aromatic rings. The zero-order valence-corrected chi connectivity index (χ0v) is 19.7. The summed E-state index contributed by atoms with van der Waals surface area (Å²) in [6, 6.07) is 15.9. The number of nitrogens with one attached hydrogen (secondary N) is 1. The minimum absolute atomic E-state index is 0.0742. The first kappa shape index (κ1) is 23.6. The largest absolute Gasteiger partial charge is 0.497 e. The number of allylic oxidation sites excluding steroid dienone is 1. The number of hydrogen-bond acceptors (Lipinski definition) is 6. The Kier molecular flexibility index (Phi) is 7.37. The molecule has 1 N–H and O–H groups in total. The molecule has 0 aromatic heterocycles. The van der Waals surface area contributed by atoms with E-state index in [0.717, 1.165) is 16.7 Å². The maximum atomic E-state index is 13.1. The number of carbonyl (C=O) groups is 3. The van der Waals surface area contributed by atoms with Gasteiger partial charge in [0.15, 0.2) is 0 Å². The average molecular weight is 479 g/mol. The molecule has 34 heavy (non-hydrogen) atoms. The smallest absolute Gasteiger partial charge is 0.355 e. The zero-order valence-electron chi connectivity index (χ0n) is 18.9. The Labute approximate surface area is 202 Å². The summed E-state index contributed by atoms with van der Waals surface area (Å²) in [5.74, 6) is 0.175. The van der Waals surface area contributed by atoms with E-state index in [1.165, 1.54) is 16.7 Å². The number of thioether (sulfide) groups is 1. The Morgan fingerprint density at radius 2 is 1.88 bits per heavy atom. The number of nitrogens with zero attached hydrogens (tertiary/aromatic N) is 1. The number of β-lactam (4-membered cyclic amide) rings is 1. The van der Waals surface area contributed by atoms with E-state index in [4.69, 9.17) is 9.47 Å². The molecule has 2 heterocycles. The minimum Gasteiger partial charge on any atom is -0.497 e. The van der Waals surface area contributed by atoms with Gasteiger partial charge in [0.1, 0.15) is 29.5 Å². The summed E-state index contributed by atoms with van der Waals surface area (Å²) >= 11 is 1.52. The molecule has 7 nitrogen and oxygen atoms in total. The third-order valence-electron chi connectivity index (χ3n) is 5.68. The predicted molar refractivity (Wildman–Crippen MR) is 130 cm³/mol. The van der Waals surface area contributed by atoms with Gasteiger partial charge in [0.2, 0.25) is 5.91 Å². The van der Waals surface area contributed by atoms with Gasteiger partial charge in [-0.3, -0.25) is 14.5 Å². The molecule has 4 rings (SSSR count). The van der Waals surface area contributed by atoms with Gasteiger partial charge < -0.3 is 14.8 Å². The fourth-order valence-corrected chi connectivity index (χ4v) is 5.31. The number of hydrogen-bond donors (Lipinski definition) is 1. The van der Waals surface area contributed by atoms with Crippen LogP contribution in [0.2, 0.25) is 0 Å². The van der Waals surface area contributed by atoms with Crippen molar-refractivity contribution >= 4 is 29.5 Å². The van der Waals surface area contributed by atoms with Crippen molar-refractivity contribution in [3.05, 3.63) is 89.6 Å². The molecule has 2 amide bonds. The minimum atomic E-state index is -0.670. The van der Waals surface area contributed by atoms with Crippen LogP contribution in [0.3, 0.4) is 0 Å². The van der Waals surface area contributed by atoms with Crippen LogP contribution in [0.25, 0.3) is 0 Å². The Bertz CT molecular complexity index is 1110. The maximum absolute atomic E-state index is 13.1. The molecule has 0 aliphatic carbocycles. The van der Waals surface area contributed by atoms with Gasteiger partial charge in [0.25, 0.3) is 5.91 Å². The van der Waals surface area contributed by atoms with Crippen molar-refractivity contribution in [2.75, 3.05) is 12.9 Å². The van der Waals surface area contributed by atoms with Crippen LogP contribution in [0.5, 0.6) is 5.75 Å². The summed E-state index contributed by atoms with van der Waals surface area (Å²) in [4.78, 5) is 40.0. The molecule has 2 atom stereocenters. The molecule has 1 fully saturated rings. The number of methoxy groups -OCH3 is 1. The van der Waals surface area contributed by atoms with Gasteiger partial charge in [-0.25, -0.2) is 4.79 Å². The number of benzene rings is 2. The molecule has 1 saturated heterocycles. The monoisotopic (exact) mass is 478 g/mol. The Morgan fingerprint density at radius 1 is 1.15 bits per heavy atom.